The number of aryl methyl sites for hydroxylation is 1. The summed E-state index contributed by atoms with van der Waals surface area (Å²) < 4.78 is 16.6. The average Bonchev–Trinajstić information content (AvgIpc) is 3.34. The first-order chi connectivity index (χ1) is 15.0. The molecule has 7 nitrogen and oxygen atoms in total. The Kier molecular flexibility index (Phi) is 4.82. The van der Waals surface area contributed by atoms with Gasteiger partial charge >= 0.3 is 0 Å². The van der Waals surface area contributed by atoms with Gasteiger partial charge in [-0.05, 0) is 37.3 Å². The monoisotopic (exact) mass is 435 g/mol. The van der Waals surface area contributed by atoms with Crippen molar-refractivity contribution < 1.29 is 9.18 Å². The number of halogens is 1. The number of nitrogens with zero attached hydrogens (tertiary/aromatic N) is 4. The quantitative estimate of drug-likeness (QED) is 0.494. The maximum atomic E-state index is 13.3. The van der Waals surface area contributed by atoms with Crippen LogP contribution >= 0.6 is 11.8 Å². The van der Waals surface area contributed by atoms with E-state index in [9.17, 15) is 14.0 Å². The molecule has 1 atom stereocenters. The van der Waals surface area contributed by atoms with Crippen LogP contribution in [-0.2, 0) is 4.79 Å². The minimum absolute atomic E-state index is 0.0930. The van der Waals surface area contributed by atoms with Crippen LogP contribution in [0.25, 0.3) is 16.7 Å². The van der Waals surface area contributed by atoms with Crippen molar-refractivity contribution in [2.75, 3.05) is 11.1 Å². The minimum atomic E-state index is -0.423. The number of benzene rings is 2. The summed E-state index contributed by atoms with van der Waals surface area (Å²) in [6, 6.07) is 13.2. The van der Waals surface area contributed by atoms with Crippen molar-refractivity contribution in [2.24, 2.45) is 0 Å². The summed E-state index contributed by atoms with van der Waals surface area (Å²) in [5, 5.41) is 8.02. The first-order valence-corrected chi connectivity index (χ1v) is 10.7. The highest BCUT2D eigenvalue weighted by Crippen LogP contribution is 2.33. The smallest absolute Gasteiger partial charge is 0.265 e. The molecule has 156 valence electrons. The Balaban J connectivity index is 1.44. The number of nitrogens with one attached hydrogen (secondary N) is 1. The van der Waals surface area contributed by atoms with Gasteiger partial charge in [-0.2, -0.15) is 5.10 Å². The molecule has 0 saturated heterocycles. The zero-order valence-electron chi connectivity index (χ0n) is 16.6. The zero-order valence-corrected chi connectivity index (χ0v) is 17.4. The number of fused-ring (bicyclic) bond motifs is 2. The Morgan fingerprint density at radius 1 is 1.26 bits per heavy atom. The lowest BCUT2D eigenvalue weighted by molar-refractivity contribution is -0.116. The second-order valence-corrected chi connectivity index (χ2v) is 8.41. The first-order valence-electron chi connectivity index (χ1n) is 9.75. The molecule has 0 fully saturated rings. The van der Waals surface area contributed by atoms with Gasteiger partial charge in [0.25, 0.3) is 5.56 Å². The number of hydrogen-bond acceptors (Lipinski definition) is 5. The van der Waals surface area contributed by atoms with Crippen molar-refractivity contribution in [3.63, 3.8) is 0 Å². The Morgan fingerprint density at radius 2 is 2.06 bits per heavy atom. The van der Waals surface area contributed by atoms with Crippen LogP contribution in [0.3, 0.4) is 0 Å². The van der Waals surface area contributed by atoms with Crippen LogP contribution in [0.4, 0.5) is 10.1 Å². The molecule has 3 heterocycles. The molecule has 1 aliphatic rings. The van der Waals surface area contributed by atoms with Crippen LogP contribution in [0.5, 0.6) is 0 Å². The molecule has 31 heavy (non-hydrogen) atoms. The van der Waals surface area contributed by atoms with Gasteiger partial charge in [0, 0.05) is 17.9 Å². The van der Waals surface area contributed by atoms with E-state index in [0.29, 0.717) is 27.6 Å². The molecule has 0 aliphatic carbocycles. The number of carbonyl (C=O) groups is 1. The van der Waals surface area contributed by atoms with E-state index in [0.717, 1.165) is 11.3 Å². The van der Waals surface area contributed by atoms with Gasteiger partial charge in [0.05, 0.1) is 17.9 Å². The molecule has 4 aromatic rings. The number of hydrogen-bond donors (Lipinski definition) is 1. The molecule has 9 heteroatoms. The summed E-state index contributed by atoms with van der Waals surface area (Å²) >= 11 is 1.44. The van der Waals surface area contributed by atoms with E-state index in [4.69, 9.17) is 0 Å². The van der Waals surface area contributed by atoms with Crippen molar-refractivity contribution in [1.29, 1.82) is 0 Å². The molecular weight excluding hydrogens is 417 g/mol. The molecule has 1 amide bonds. The van der Waals surface area contributed by atoms with E-state index in [1.165, 1.54) is 36.2 Å². The van der Waals surface area contributed by atoms with E-state index in [2.05, 4.69) is 15.4 Å². The third-order valence-electron chi connectivity index (χ3n) is 5.18. The van der Waals surface area contributed by atoms with Crippen molar-refractivity contribution in [1.82, 2.24) is 19.3 Å². The van der Waals surface area contributed by atoms with Gasteiger partial charge in [0.1, 0.15) is 11.2 Å². The van der Waals surface area contributed by atoms with Gasteiger partial charge in [-0.25, -0.2) is 14.1 Å². The van der Waals surface area contributed by atoms with Crippen molar-refractivity contribution in [3.8, 4) is 5.69 Å². The fourth-order valence-electron chi connectivity index (χ4n) is 3.65. The van der Waals surface area contributed by atoms with E-state index < -0.39 is 5.82 Å². The summed E-state index contributed by atoms with van der Waals surface area (Å²) in [6.45, 7) is 2.00. The van der Waals surface area contributed by atoms with Crippen LogP contribution < -0.4 is 10.9 Å². The van der Waals surface area contributed by atoms with E-state index in [-0.39, 0.29) is 23.9 Å². The minimum Gasteiger partial charge on any atom is -0.326 e. The van der Waals surface area contributed by atoms with Crippen molar-refractivity contribution >= 4 is 34.4 Å². The van der Waals surface area contributed by atoms with Crippen LogP contribution in [0.2, 0.25) is 0 Å². The second kappa shape index (κ2) is 7.66. The molecule has 1 N–H and O–H groups in total. The number of carbonyl (C=O) groups excluding carboxylic acids is 1. The molecule has 1 unspecified atom stereocenters. The topological polar surface area (TPSA) is 81.8 Å². The largest absolute Gasteiger partial charge is 0.326 e. The molecule has 0 spiro atoms. The van der Waals surface area contributed by atoms with Gasteiger partial charge in [0.2, 0.25) is 5.91 Å². The summed E-state index contributed by atoms with van der Waals surface area (Å²) in [5.41, 5.74) is 2.62. The predicted molar refractivity (Wildman–Crippen MR) is 117 cm³/mol. The number of aromatic nitrogens is 4. The number of amides is 1. The third-order valence-corrected chi connectivity index (χ3v) is 6.28. The normalized spacial score (nSPS) is 15.2. The van der Waals surface area contributed by atoms with E-state index >= 15 is 0 Å². The van der Waals surface area contributed by atoms with E-state index in [1.807, 2.05) is 31.2 Å². The first kappa shape index (κ1) is 19.5. The van der Waals surface area contributed by atoms with Gasteiger partial charge in [0.15, 0.2) is 10.8 Å². The lowest BCUT2D eigenvalue weighted by Crippen LogP contribution is -2.27. The van der Waals surface area contributed by atoms with Gasteiger partial charge < -0.3 is 5.32 Å². The average molecular weight is 435 g/mol. The standard InChI is InChI=1S/C22H18FN5O2S/c1-13-5-7-16(8-6-13)28-20-18(11-24-28)21(30)27-17(12-31-22(27)26-20)10-19(29)25-15-4-2-3-14(23)9-15/h2-9,11,17H,10,12H2,1H3,(H,25,29). The summed E-state index contributed by atoms with van der Waals surface area (Å²) in [6.07, 6.45) is 1.61. The van der Waals surface area contributed by atoms with Crippen molar-refractivity contribution in [2.45, 2.75) is 24.5 Å². The molecule has 2 aromatic heterocycles. The highest BCUT2D eigenvalue weighted by molar-refractivity contribution is 7.99. The highest BCUT2D eigenvalue weighted by atomic mass is 32.2. The van der Waals surface area contributed by atoms with Crippen LogP contribution in [0.15, 0.2) is 64.7 Å². The number of anilines is 1. The fourth-order valence-corrected chi connectivity index (χ4v) is 4.78. The molecular formula is C22H18FN5O2S. The van der Waals surface area contributed by atoms with Crippen LogP contribution in [-0.4, -0.2) is 31.0 Å². The molecule has 2 aromatic carbocycles. The number of rotatable bonds is 4. The fraction of sp³-hybridized carbons (Fsp3) is 0.182. The predicted octanol–water partition coefficient (Wildman–Crippen LogP) is 3.71. The van der Waals surface area contributed by atoms with Gasteiger partial charge in [-0.3, -0.25) is 14.2 Å². The Bertz CT molecular complexity index is 1360. The van der Waals surface area contributed by atoms with Gasteiger partial charge in [-0.15, -0.1) is 0 Å². The maximum absolute atomic E-state index is 13.3. The number of thioether (sulfide) groups is 1. The molecule has 0 radical (unpaired) electrons. The summed E-state index contributed by atoms with van der Waals surface area (Å²) in [5.74, 6) is -0.150. The van der Waals surface area contributed by atoms with Crippen LogP contribution in [0.1, 0.15) is 18.0 Å². The Morgan fingerprint density at radius 3 is 2.84 bits per heavy atom. The van der Waals surface area contributed by atoms with E-state index in [1.54, 1.807) is 15.3 Å². The molecule has 0 bridgehead atoms. The van der Waals surface area contributed by atoms with Crippen LogP contribution in [0, 0.1) is 12.7 Å². The third kappa shape index (κ3) is 3.61. The maximum Gasteiger partial charge on any atom is 0.265 e. The van der Waals surface area contributed by atoms with Gasteiger partial charge in [-0.1, -0.05) is 35.5 Å². The molecule has 1 aliphatic heterocycles. The molecule has 5 rings (SSSR count). The lowest BCUT2D eigenvalue weighted by atomic mass is 10.2. The summed E-state index contributed by atoms with van der Waals surface area (Å²) in [7, 11) is 0. The summed E-state index contributed by atoms with van der Waals surface area (Å²) in [4.78, 5) is 30.3. The van der Waals surface area contributed by atoms with Crippen molar-refractivity contribution in [3.05, 3.63) is 76.5 Å². The molecule has 0 saturated carbocycles. The SMILES string of the molecule is Cc1ccc(-n2ncc3c(=O)n4c(nc32)SCC4CC(=O)Nc2cccc(F)c2)cc1. The Hall–Kier alpha value is -3.46. The zero-order chi connectivity index (χ0) is 21.5. The second-order valence-electron chi connectivity index (χ2n) is 7.43. The Labute approximate surface area is 180 Å². The lowest BCUT2D eigenvalue weighted by Gasteiger charge is -2.13. The highest BCUT2D eigenvalue weighted by Gasteiger charge is 2.29.